The minimum Gasteiger partial charge on any atom is -0.493 e. The van der Waals surface area contributed by atoms with Crippen molar-refractivity contribution < 1.29 is 27.5 Å². The minimum absolute atomic E-state index is 0.0791. The van der Waals surface area contributed by atoms with Crippen molar-refractivity contribution in [1.29, 1.82) is 0 Å². The fraction of sp³-hybridized carbons (Fsp3) is 0.297. The van der Waals surface area contributed by atoms with E-state index in [4.69, 9.17) is 9.47 Å². The van der Waals surface area contributed by atoms with Crippen LogP contribution in [0.4, 0.5) is 5.69 Å². The van der Waals surface area contributed by atoms with E-state index < -0.39 is 28.5 Å². The highest BCUT2D eigenvalue weighted by Gasteiger charge is 2.35. The molecule has 11 heteroatoms. The molecule has 0 saturated heterocycles. The zero-order valence-electron chi connectivity index (χ0n) is 27.9. The van der Waals surface area contributed by atoms with Gasteiger partial charge in [-0.05, 0) is 67.8 Å². The molecule has 1 N–H and O–H groups in total. The number of carbonyl (C=O) groups is 2. The van der Waals surface area contributed by atoms with Crippen molar-refractivity contribution in [2.24, 2.45) is 0 Å². The lowest BCUT2D eigenvalue weighted by atomic mass is 10.0. The third-order valence-electron chi connectivity index (χ3n) is 8.08. The Hall–Kier alpha value is -4.35. The van der Waals surface area contributed by atoms with Gasteiger partial charge in [0.25, 0.3) is 10.0 Å². The van der Waals surface area contributed by atoms with Gasteiger partial charge in [-0.25, -0.2) is 8.42 Å². The predicted molar refractivity (Wildman–Crippen MR) is 192 cm³/mol. The molecule has 254 valence electrons. The summed E-state index contributed by atoms with van der Waals surface area (Å²) < 4.78 is 41.4. The van der Waals surface area contributed by atoms with Crippen LogP contribution in [0.2, 0.25) is 0 Å². The lowest BCUT2D eigenvalue weighted by Gasteiger charge is -2.34. The molecule has 0 aliphatic heterocycles. The molecule has 0 unspecified atom stereocenters. The summed E-state index contributed by atoms with van der Waals surface area (Å²) in [7, 11) is -1.43. The number of carbonyl (C=O) groups excluding carboxylic acids is 2. The Balaban J connectivity index is 1.82. The average Bonchev–Trinajstić information content (AvgIpc) is 3.09. The average molecular weight is 737 g/mol. The maximum atomic E-state index is 14.6. The monoisotopic (exact) mass is 735 g/mol. The van der Waals surface area contributed by atoms with E-state index >= 15 is 0 Å². The Morgan fingerprint density at radius 1 is 0.854 bits per heavy atom. The predicted octanol–water partition coefficient (Wildman–Crippen LogP) is 6.52. The topological polar surface area (TPSA) is 105 Å². The number of anilines is 1. The van der Waals surface area contributed by atoms with Crippen molar-refractivity contribution >= 4 is 43.5 Å². The molecule has 4 aromatic carbocycles. The summed E-state index contributed by atoms with van der Waals surface area (Å²) in [6.45, 7) is 5.30. The number of rotatable bonds is 15. The first-order valence-electron chi connectivity index (χ1n) is 15.7. The molecule has 2 atom stereocenters. The number of methoxy groups -OCH3 is 2. The van der Waals surface area contributed by atoms with Crippen LogP contribution in [0.5, 0.6) is 11.5 Å². The van der Waals surface area contributed by atoms with Crippen LogP contribution in [0.3, 0.4) is 0 Å². The van der Waals surface area contributed by atoms with Crippen molar-refractivity contribution in [2.45, 2.75) is 57.1 Å². The summed E-state index contributed by atoms with van der Waals surface area (Å²) in [5, 5.41) is 3.05. The Labute approximate surface area is 292 Å². The van der Waals surface area contributed by atoms with E-state index in [1.807, 2.05) is 75.4 Å². The van der Waals surface area contributed by atoms with Gasteiger partial charge >= 0.3 is 0 Å². The third kappa shape index (κ3) is 9.17. The van der Waals surface area contributed by atoms with E-state index in [-0.39, 0.29) is 35.6 Å². The van der Waals surface area contributed by atoms with E-state index in [0.29, 0.717) is 17.9 Å². The Morgan fingerprint density at radius 2 is 1.50 bits per heavy atom. The van der Waals surface area contributed by atoms with E-state index in [2.05, 4.69) is 21.2 Å². The van der Waals surface area contributed by atoms with Gasteiger partial charge in [0.1, 0.15) is 12.6 Å². The highest BCUT2D eigenvalue weighted by atomic mass is 79.9. The zero-order chi connectivity index (χ0) is 34.8. The number of hydrogen-bond donors (Lipinski definition) is 1. The van der Waals surface area contributed by atoms with Crippen LogP contribution in [0.25, 0.3) is 0 Å². The lowest BCUT2D eigenvalue weighted by molar-refractivity contribution is -0.140. The van der Waals surface area contributed by atoms with Gasteiger partial charge in [-0.1, -0.05) is 83.0 Å². The summed E-state index contributed by atoms with van der Waals surface area (Å²) in [4.78, 5) is 30.0. The van der Waals surface area contributed by atoms with E-state index in [9.17, 15) is 18.0 Å². The maximum absolute atomic E-state index is 14.6. The second kappa shape index (κ2) is 16.7. The number of sulfonamides is 1. The molecule has 0 spiro atoms. The number of amides is 2. The van der Waals surface area contributed by atoms with Crippen LogP contribution >= 0.6 is 15.9 Å². The van der Waals surface area contributed by atoms with Crippen LogP contribution in [-0.2, 0) is 32.6 Å². The molecule has 0 radical (unpaired) electrons. The van der Waals surface area contributed by atoms with Gasteiger partial charge in [-0.15, -0.1) is 0 Å². The van der Waals surface area contributed by atoms with Gasteiger partial charge in [0.2, 0.25) is 11.8 Å². The number of halogens is 1. The van der Waals surface area contributed by atoms with Crippen molar-refractivity contribution in [2.75, 3.05) is 25.1 Å². The smallest absolute Gasteiger partial charge is 0.264 e. The fourth-order valence-electron chi connectivity index (χ4n) is 5.13. The van der Waals surface area contributed by atoms with Crippen molar-refractivity contribution in [3.63, 3.8) is 0 Å². The van der Waals surface area contributed by atoms with Gasteiger partial charge in [0.15, 0.2) is 11.5 Å². The highest BCUT2D eigenvalue weighted by Crippen LogP contribution is 2.32. The first-order valence-corrected chi connectivity index (χ1v) is 17.9. The summed E-state index contributed by atoms with van der Waals surface area (Å²) >= 11 is 3.46. The van der Waals surface area contributed by atoms with Gasteiger partial charge in [0, 0.05) is 29.5 Å². The summed E-state index contributed by atoms with van der Waals surface area (Å²) in [5.74, 6) is -0.257. The number of hydrogen-bond acceptors (Lipinski definition) is 6. The molecule has 0 bridgehead atoms. The summed E-state index contributed by atoms with van der Waals surface area (Å²) in [5.41, 5.74) is 2.88. The van der Waals surface area contributed by atoms with Gasteiger partial charge in [-0.3, -0.25) is 13.9 Å². The first kappa shape index (κ1) is 36.5. The molecule has 0 aliphatic carbocycles. The quantitative estimate of drug-likeness (QED) is 0.149. The van der Waals surface area contributed by atoms with E-state index in [1.54, 1.807) is 24.3 Å². The van der Waals surface area contributed by atoms with Crippen LogP contribution in [0.1, 0.15) is 37.0 Å². The number of ether oxygens (including phenoxy) is 2. The van der Waals surface area contributed by atoms with Crippen molar-refractivity contribution in [1.82, 2.24) is 10.2 Å². The maximum Gasteiger partial charge on any atom is 0.264 e. The molecule has 0 fully saturated rings. The molecule has 48 heavy (non-hydrogen) atoms. The van der Waals surface area contributed by atoms with Crippen LogP contribution < -0.4 is 19.1 Å². The van der Waals surface area contributed by atoms with Crippen LogP contribution in [-0.4, -0.2) is 58.0 Å². The minimum atomic E-state index is -4.32. The Bertz CT molecular complexity index is 1780. The van der Waals surface area contributed by atoms with Crippen LogP contribution in [0.15, 0.2) is 106 Å². The van der Waals surface area contributed by atoms with E-state index in [1.165, 1.54) is 37.3 Å². The highest BCUT2D eigenvalue weighted by molar-refractivity contribution is 9.10. The van der Waals surface area contributed by atoms with Gasteiger partial charge < -0.3 is 19.7 Å². The molecular formula is C37H42BrN3O6S. The lowest BCUT2D eigenvalue weighted by Crippen LogP contribution is -2.54. The zero-order valence-corrected chi connectivity index (χ0v) is 30.3. The molecule has 9 nitrogen and oxygen atoms in total. The number of nitrogens with one attached hydrogen (secondary N) is 1. The molecular weight excluding hydrogens is 694 g/mol. The first-order chi connectivity index (χ1) is 23.0. The van der Waals surface area contributed by atoms with Gasteiger partial charge in [0.05, 0.1) is 24.8 Å². The SMILES string of the molecule is CC[C@@H](C)NC(=O)[C@H](Cc1ccccc1)N(Cc1ccc(Br)cc1)C(=O)CN(c1ccc(C)cc1)S(=O)(=O)c1ccc(OC)c(OC)c1. The second-order valence-corrected chi connectivity index (χ2v) is 14.3. The van der Waals surface area contributed by atoms with Crippen LogP contribution in [0, 0.1) is 6.92 Å². The largest absolute Gasteiger partial charge is 0.493 e. The summed E-state index contributed by atoms with van der Waals surface area (Å²) in [6, 6.07) is 27.1. The molecule has 0 saturated carbocycles. The molecule has 0 heterocycles. The number of benzene rings is 4. The molecule has 4 rings (SSSR count). The van der Waals surface area contributed by atoms with E-state index in [0.717, 1.165) is 25.5 Å². The molecule has 2 amide bonds. The van der Waals surface area contributed by atoms with Crippen molar-refractivity contribution in [3.05, 3.63) is 118 Å². The normalized spacial score (nSPS) is 12.5. The van der Waals surface area contributed by atoms with Gasteiger partial charge in [-0.2, -0.15) is 0 Å². The fourth-order valence-corrected chi connectivity index (χ4v) is 6.82. The number of aryl methyl sites for hydroxylation is 1. The number of nitrogens with zero attached hydrogens (tertiary/aromatic N) is 2. The molecule has 0 aromatic heterocycles. The summed E-state index contributed by atoms with van der Waals surface area (Å²) in [6.07, 6.45) is 0.938. The molecule has 0 aliphatic rings. The van der Waals surface area contributed by atoms with Crippen molar-refractivity contribution in [3.8, 4) is 11.5 Å². The second-order valence-electron chi connectivity index (χ2n) is 11.5. The standard InChI is InChI=1S/C37H42BrN3O6S/c1-6-27(3)39-37(43)33(22-28-10-8-7-9-11-28)40(24-29-14-16-30(38)17-15-29)36(42)25-41(31-18-12-26(2)13-19-31)48(44,45)32-20-21-34(46-4)35(23-32)47-5/h7-21,23,27,33H,6,22,24-25H2,1-5H3,(H,39,43)/t27-,33+/m1/s1. The third-order valence-corrected chi connectivity index (χ3v) is 10.4. The Kier molecular flexibility index (Phi) is 12.7. The Morgan fingerprint density at radius 3 is 2.10 bits per heavy atom. The molecule has 4 aromatic rings.